The summed E-state index contributed by atoms with van der Waals surface area (Å²) in [5.41, 5.74) is 6.96. The number of rotatable bonds is 46. The largest absolute Gasteiger partial charge is 0.497 e. The van der Waals surface area contributed by atoms with Crippen molar-refractivity contribution >= 4 is 0 Å². The van der Waals surface area contributed by atoms with Crippen LogP contribution in [0.4, 0.5) is 0 Å². The maximum atomic E-state index is 8.15. The van der Waals surface area contributed by atoms with Gasteiger partial charge in [0.05, 0.1) is 129 Å². The summed E-state index contributed by atoms with van der Waals surface area (Å²) < 4.78 is 86.7. The molecule has 0 spiro atoms. The summed E-state index contributed by atoms with van der Waals surface area (Å²) in [6.07, 6.45) is 21.1. The molecule has 0 aromatic heterocycles. The first-order valence-corrected chi connectivity index (χ1v) is 51.6. The Morgan fingerprint density at radius 3 is 0.562 bits per heavy atom. The van der Waals surface area contributed by atoms with Gasteiger partial charge in [0.2, 0.25) is 0 Å². The molecular weight excluding hydrogens is 1630 g/mol. The zero-order valence-corrected chi connectivity index (χ0v) is 81.3. The van der Waals surface area contributed by atoms with Crippen LogP contribution >= 0.6 is 0 Å². The monoisotopic (exact) mass is 1790 g/mol. The van der Waals surface area contributed by atoms with Crippen LogP contribution in [0.3, 0.4) is 0 Å². The number of fused-ring (bicyclic) bond motifs is 20. The third-order valence-electron chi connectivity index (χ3n) is 31.9. The zero-order chi connectivity index (χ0) is 90.6. The highest BCUT2D eigenvalue weighted by Crippen LogP contribution is 2.62. The van der Waals surface area contributed by atoms with Gasteiger partial charge < -0.3 is 56.8 Å². The molecule has 5 saturated heterocycles. The maximum Gasteiger partial charge on any atom is 0.119 e. The molecule has 130 heavy (non-hydrogen) atoms. The lowest BCUT2D eigenvalue weighted by atomic mass is 9.59. The fourth-order valence-electron chi connectivity index (χ4n) is 25.9. The van der Waals surface area contributed by atoms with E-state index in [1.165, 1.54) is 88.2 Å². The first-order valence-electron chi connectivity index (χ1n) is 51.6. The van der Waals surface area contributed by atoms with Crippen molar-refractivity contribution in [3.05, 3.63) is 179 Å². The van der Waals surface area contributed by atoms with Crippen LogP contribution in [0.25, 0.3) is 0 Å². The predicted molar refractivity (Wildman–Crippen MR) is 519 cm³/mol. The molecule has 716 valence electrons. The fourth-order valence-corrected chi connectivity index (χ4v) is 25.9. The Hall–Kier alpha value is -6.44. The van der Waals surface area contributed by atoms with Gasteiger partial charge in [0.25, 0.3) is 0 Å². The minimum Gasteiger partial charge on any atom is -0.497 e. The molecule has 20 nitrogen and oxygen atoms in total. The van der Waals surface area contributed by atoms with Crippen molar-refractivity contribution in [2.45, 2.75) is 331 Å². The summed E-state index contributed by atoms with van der Waals surface area (Å²) >= 11 is 0. The van der Waals surface area contributed by atoms with E-state index < -0.39 is 36.9 Å². The van der Waals surface area contributed by atoms with Gasteiger partial charge in [-0.25, -0.2) is 0 Å². The SMILES string of the molecule is CCCCCCC1CCC(CCCCCC)C2C3NC(NC4NC(NC5NC(NC6NC(N3)C3C(OCCCC)C(c7cccc(OC)c7)C(c7cccc(OC)c7)C(OCCCC)C63)C3C(OCCCC)C(c6cccc(OC)c6)C(c6cccc(OC)c6)C(OCCCC)C53)C3C(OCCCC)C(c5cccc(OC)c5)C(c5cccc(OC)c5)C(OCCCC)C43)C12. The van der Waals surface area contributed by atoms with Gasteiger partial charge in [-0.1, -0.05) is 231 Å². The molecule has 4 saturated carbocycles. The van der Waals surface area contributed by atoms with Gasteiger partial charge in [-0.2, -0.15) is 0 Å². The topological polar surface area (TPSA) is 207 Å². The van der Waals surface area contributed by atoms with E-state index in [0.717, 1.165) is 134 Å². The number of hydrogen-bond acceptors (Lipinski definition) is 20. The van der Waals surface area contributed by atoms with Crippen LogP contribution in [0.1, 0.15) is 278 Å². The van der Waals surface area contributed by atoms with E-state index in [4.69, 9.17) is 99.4 Å². The lowest BCUT2D eigenvalue weighted by molar-refractivity contribution is -0.134. The summed E-state index contributed by atoms with van der Waals surface area (Å²) in [6.45, 7) is 22.0. The Bertz CT molecular complexity index is 4110. The van der Waals surface area contributed by atoms with Crippen molar-refractivity contribution in [3.63, 3.8) is 0 Å². The quantitative estimate of drug-likeness (QED) is 0.0167. The first-order chi connectivity index (χ1) is 63.9. The molecule has 15 rings (SSSR count). The highest BCUT2D eigenvalue weighted by molar-refractivity contribution is 5.45. The van der Waals surface area contributed by atoms with Crippen LogP contribution < -0.4 is 71.0 Å². The van der Waals surface area contributed by atoms with Crippen molar-refractivity contribution in [1.82, 2.24) is 42.5 Å². The molecule has 5 aliphatic heterocycles. The molecule has 6 aromatic rings. The summed E-state index contributed by atoms with van der Waals surface area (Å²) in [6, 6.07) is 53.5. The van der Waals surface area contributed by atoms with Crippen molar-refractivity contribution in [2.24, 2.45) is 59.2 Å². The molecule has 30 atom stereocenters. The molecule has 8 bridgehead atoms. The molecule has 0 amide bonds. The normalized spacial score (nSPS) is 33.7. The highest BCUT2D eigenvalue weighted by Gasteiger charge is 2.68. The second-order valence-electron chi connectivity index (χ2n) is 39.5. The standard InChI is InChI=1S/C110H164N8O12/c1-15-23-31-33-41-69-55-56-70(42-34-32-24-16-2)90-89(69)103-111-104(90)113-106-92-94(100(128-60-28-20-6)86(74-46-38-52-80(66-74)122-12)84(98(92)126-58-26-18-4)72-44-36-50-78(64-72)120-10)108(115-106)117-110-96-95(101(129-61-29-21-7)87(75-47-39-53-81(67-75)123-13)88(102(96)130-62-30-22-8)76-48-40-54-82(68-76)124-14)109(118-110)116-107-93-91(105(112-103)114-107)97(125-57-25-17-3)83(71-43-35-49-77(63-71)119-9)85(99(93)127-59-27-19-5)73-45-37-51-79(65-73)121-11/h35-40,43-54,63-70,83-118H,15-34,41-42,55-62H2,1-14H3. The van der Waals surface area contributed by atoms with Crippen molar-refractivity contribution < 1.29 is 56.8 Å². The number of methoxy groups -OCH3 is 6. The minimum atomic E-state index is -0.434. The number of unbranched alkanes of at least 4 members (excludes halogenated alkanes) is 12. The van der Waals surface area contributed by atoms with E-state index in [0.29, 0.717) is 51.5 Å². The van der Waals surface area contributed by atoms with E-state index in [1.54, 1.807) is 42.7 Å². The molecular formula is C110H164N8O12. The second-order valence-corrected chi connectivity index (χ2v) is 39.5. The minimum absolute atomic E-state index is 0.128. The second kappa shape index (κ2) is 48.3. The molecule has 5 heterocycles. The van der Waals surface area contributed by atoms with Crippen LogP contribution in [0.2, 0.25) is 0 Å². The molecule has 20 heteroatoms. The highest BCUT2D eigenvalue weighted by atomic mass is 16.5. The molecule has 4 aliphatic carbocycles. The van der Waals surface area contributed by atoms with Gasteiger partial charge in [0.15, 0.2) is 0 Å². The predicted octanol–water partition coefficient (Wildman–Crippen LogP) is 20.2. The van der Waals surface area contributed by atoms with Crippen LogP contribution in [-0.2, 0) is 28.4 Å². The number of hydrogen-bond donors (Lipinski definition) is 8. The van der Waals surface area contributed by atoms with Crippen molar-refractivity contribution in [1.29, 1.82) is 0 Å². The fraction of sp³-hybridized carbons (Fsp3) is 0.673. The molecule has 30 unspecified atom stereocenters. The van der Waals surface area contributed by atoms with E-state index in [1.807, 2.05) is 0 Å². The van der Waals surface area contributed by atoms with Crippen molar-refractivity contribution in [3.8, 4) is 34.5 Å². The molecule has 9 aliphatic rings. The molecule has 8 N–H and O–H groups in total. The van der Waals surface area contributed by atoms with Gasteiger partial charge in [0.1, 0.15) is 34.5 Å². The maximum absolute atomic E-state index is 8.15. The van der Waals surface area contributed by atoms with Gasteiger partial charge in [-0.3, -0.25) is 42.5 Å². The lowest BCUT2D eigenvalue weighted by Gasteiger charge is -2.53. The van der Waals surface area contributed by atoms with E-state index >= 15 is 0 Å². The lowest BCUT2D eigenvalue weighted by Crippen LogP contribution is -2.62. The molecule has 6 aromatic carbocycles. The van der Waals surface area contributed by atoms with E-state index in [2.05, 4.69) is 201 Å². The van der Waals surface area contributed by atoms with Crippen LogP contribution in [-0.4, -0.2) is 168 Å². The third kappa shape index (κ3) is 21.8. The van der Waals surface area contributed by atoms with Gasteiger partial charge in [-0.15, -0.1) is 0 Å². The summed E-state index contributed by atoms with van der Waals surface area (Å²) in [5.74, 6) is 3.70. The summed E-state index contributed by atoms with van der Waals surface area (Å²) in [7, 11) is 10.8. The number of ether oxygens (including phenoxy) is 12. The van der Waals surface area contributed by atoms with Crippen LogP contribution in [0, 0.1) is 59.2 Å². The average molecular weight is 1790 g/mol. The van der Waals surface area contributed by atoms with E-state index in [-0.39, 0.29) is 132 Å². The number of nitrogens with one attached hydrogen (secondary N) is 8. The Labute approximate surface area is 780 Å². The van der Waals surface area contributed by atoms with Gasteiger partial charge >= 0.3 is 0 Å². The number of benzene rings is 6. The Morgan fingerprint density at radius 1 is 0.215 bits per heavy atom. The third-order valence-corrected chi connectivity index (χ3v) is 31.9. The van der Waals surface area contributed by atoms with Gasteiger partial charge in [0, 0.05) is 111 Å². The van der Waals surface area contributed by atoms with Crippen LogP contribution in [0.15, 0.2) is 146 Å². The molecule has 0 radical (unpaired) electrons. The molecule has 9 fully saturated rings. The Balaban J connectivity index is 1.02. The average Bonchev–Trinajstić information content (AvgIpc) is 1.54. The zero-order valence-electron chi connectivity index (χ0n) is 81.3. The van der Waals surface area contributed by atoms with Crippen molar-refractivity contribution in [2.75, 3.05) is 82.3 Å². The summed E-state index contributed by atoms with van der Waals surface area (Å²) in [4.78, 5) is 0. The van der Waals surface area contributed by atoms with Crippen LogP contribution in [0.5, 0.6) is 34.5 Å². The Kier molecular flexibility index (Phi) is 36.5. The smallest absolute Gasteiger partial charge is 0.119 e. The Morgan fingerprint density at radius 2 is 0.392 bits per heavy atom. The summed E-state index contributed by atoms with van der Waals surface area (Å²) in [5, 5.41) is 38.3. The first kappa shape index (κ1) is 98.1. The van der Waals surface area contributed by atoms with E-state index in [9.17, 15) is 0 Å². The van der Waals surface area contributed by atoms with Gasteiger partial charge in [-0.05, 0) is 181 Å².